The molecule has 0 heterocycles. The van der Waals surface area contributed by atoms with Crippen molar-refractivity contribution in [2.45, 2.75) is 121 Å². The molecule has 300 valence electrons. The van der Waals surface area contributed by atoms with Crippen LogP contribution in [-0.2, 0) is 16.1 Å². The van der Waals surface area contributed by atoms with E-state index in [2.05, 4.69) is 184 Å². The number of hydrogen-bond acceptors (Lipinski definition) is 4. The lowest BCUT2D eigenvalue weighted by atomic mass is 9.70. The third-order valence-corrected chi connectivity index (χ3v) is 10.6. The SMILES string of the molecule is CC1=C(/C=C/C(C)=C/C=C/C(C)=C/C=C/C=C(C)/C=C/C=C(C)/C=C/C2=C(C)C(=O)C(NCC(C)(C)C)CC2(C)C)C(C)(C)CC(NCc2ccccc2)C1=O. The average molecular weight is 755 g/mol. The molecule has 0 saturated heterocycles. The van der Waals surface area contributed by atoms with Gasteiger partial charge in [-0.05, 0) is 98.5 Å². The van der Waals surface area contributed by atoms with E-state index in [4.69, 9.17) is 0 Å². The third-order valence-electron chi connectivity index (χ3n) is 10.6. The van der Waals surface area contributed by atoms with Gasteiger partial charge < -0.3 is 10.6 Å². The zero-order valence-electron chi connectivity index (χ0n) is 36.8. The van der Waals surface area contributed by atoms with Crippen molar-refractivity contribution in [1.29, 1.82) is 0 Å². The van der Waals surface area contributed by atoms with Gasteiger partial charge >= 0.3 is 0 Å². The Kier molecular flexibility index (Phi) is 17.0. The highest BCUT2D eigenvalue weighted by molar-refractivity contribution is 6.02. The molecular weight excluding hydrogens is 685 g/mol. The zero-order valence-corrected chi connectivity index (χ0v) is 36.8. The summed E-state index contributed by atoms with van der Waals surface area (Å²) >= 11 is 0. The molecule has 2 unspecified atom stereocenters. The van der Waals surface area contributed by atoms with Gasteiger partial charge in [-0.25, -0.2) is 0 Å². The summed E-state index contributed by atoms with van der Waals surface area (Å²) in [6.45, 7) is 29.3. The Labute approximate surface area is 340 Å². The topological polar surface area (TPSA) is 58.2 Å². The van der Waals surface area contributed by atoms with E-state index in [9.17, 15) is 9.59 Å². The van der Waals surface area contributed by atoms with Crippen molar-refractivity contribution >= 4 is 11.6 Å². The number of ketones is 2. The smallest absolute Gasteiger partial charge is 0.175 e. The number of hydrogen-bond donors (Lipinski definition) is 2. The number of Topliss-reactive ketones (excluding diaryl/α,β-unsaturated/α-hetero) is 2. The van der Waals surface area contributed by atoms with Crippen LogP contribution in [0.4, 0.5) is 0 Å². The molecule has 2 atom stereocenters. The fourth-order valence-electron chi connectivity index (χ4n) is 7.30. The fraction of sp³-hybridized carbons (Fsp3) is 0.423. The molecular formula is C52H70N2O2. The number of rotatable bonds is 15. The minimum absolute atomic E-state index is 0.0823. The maximum atomic E-state index is 13.3. The van der Waals surface area contributed by atoms with Gasteiger partial charge in [0, 0.05) is 13.1 Å². The molecule has 3 rings (SSSR count). The Morgan fingerprint density at radius 1 is 0.625 bits per heavy atom. The van der Waals surface area contributed by atoms with E-state index in [1.54, 1.807) is 0 Å². The van der Waals surface area contributed by atoms with Gasteiger partial charge in [0.2, 0.25) is 0 Å². The van der Waals surface area contributed by atoms with E-state index in [-0.39, 0.29) is 39.9 Å². The molecule has 0 saturated carbocycles. The van der Waals surface area contributed by atoms with Crippen molar-refractivity contribution in [1.82, 2.24) is 10.6 Å². The predicted octanol–water partition coefficient (Wildman–Crippen LogP) is 12.3. The van der Waals surface area contributed by atoms with Gasteiger partial charge in [-0.3, -0.25) is 9.59 Å². The molecule has 1 aromatic rings. The van der Waals surface area contributed by atoms with Crippen LogP contribution >= 0.6 is 0 Å². The minimum atomic E-state index is -0.172. The van der Waals surface area contributed by atoms with E-state index in [0.29, 0.717) is 6.54 Å². The van der Waals surface area contributed by atoms with E-state index >= 15 is 0 Å². The Bertz CT molecular complexity index is 1900. The monoisotopic (exact) mass is 755 g/mol. The first kappa shape index (κ1) is 46.0. The molecule has 0 aliphatic heterocycles. The van der Waals surface area contributed by atoms with Crippen LogP contribution in [0.1, 0.15) is 108 Å². The molecule has 0 amide bonds. The summed E-state index contributed by atoms with van der Waals surface area (Å²) in [5.74, 6) is 0.409. The summed E-state index contributed by atoms with van der Waals surface area (Å²) in [7, 11) is 0. The summed E-state index contributed by atoms with van der Waals surface area (Å²) in [5, 5.41) is 7.02. The number of benzene rings is 1. The molecule has 4 nitrogen and oxygen atoms in total. The summed E-state index contributed by atoms with van der Waals surface area (Å²) < 4.78 is 0. The Balaban J connectivity index is 1.53. The van der Waals surface area contributed by atoms with Crippen LogP contribution in [0.2, 0.25) is 0 Å². The van der Waals surface area contributed by atoms with Gasteiger partial charge in [0.15, 0.2) is 11.6 Å². The summed E-state index contributed by atoms with van der Waals surface area (Å²) in [5.41, 5.74) is 9.65. The fourth-order valence-corrected chi connectivity index (χ4v) is 7.30. The van der Waals surface area contributed by atoms with Crippen molar-refractivity contribution in [3.8, 4) is 0 Å². The van der Waals surface area contributed by atoms with E-state index in [1.807, 2.05) is 32.0 Å². The number of carbonyl (C=O) groups is 2. The van der Waals surface area contributed by atoms with Gasteiger partial charge in [0.05, 0.1) is 12.1 Å². The summed E-state index contributed by atoms with van der Waals surface area (Å²) in [6.07, 6.45) is 30.9. The molecule has 1 aromatic carbocycles. The third kappa shape index (κ3) is 14.6. The van der Waals surface area contributed by atoms with Crippen LogP contribution in [-0.4, -0.2) is 30.2 Å². The molecule has 0 bridgehead atoms. The molecule has 2 N–H and O–H groups in total. The van der Waals surface area contributed by atoms with E-state index in [1.165, 1.54) is 5.56 Å². The van der Waals surface area contributed by atoms with Gasteiger partial charge in [0.1, 0.15) is 0 Å². The second-order valence-electron chi connectivity index (χ2n) is 18.3. The highest BCUT2D eigenvalue weighted by Crippen LogP contribution is 2.41. The van der Waals surface area contributed by atoms with E-state index < -0.39 is 0 Å². The predicted molar refractivity (Wildman–Crippen MR) is 241 cm³/mol. The van der Waals surface area contributed by atoms with Crippen LogP contribution in [0.3, 0.4) is 0 Å². The van der Waals surface area contributed by atoms with Crippen molar-refractivity contribution in [2.24, 2.45) is 16.2 Å². The lowest BCUT2D eigenvalue weighted by Crippen LogP contribution is -2.47. The summed E-state index contributed by atoms with van der Waals surface area (Å²) in [6, 6.07) is 9.95. The van der Waals surface area contributed by atoms with Gasteiger partial charge in [-0.1, -0.05) is 186 Å². The molecule has 0 radical (unpaired) electrons. The molecule has 56 heavy (non-hydrogen) atoms. The Morgan fingerprint density at radius 2 is 1.02 bits per heavy atom. The number of allylic oxidation sites excluding steroid dienone is 20. The molecule has 4 heteroatoms. The van der Waals surface area contributed by atoms with Crippen molar-refractivity contribution in [3.05, 3.63) is 166 Å². The number of nitrogens with one attached hydrogen (secondary N) is 2. The minimum Gasteiger partial charge on any atom is -0.307 e. The van der Waals surface area contributed by atoms with Crippen LogP contribution < -0.4 is 10.6 Å². The molecule has 2 aliphatic rings. The highest BCUT2D eigenvalue weighted by Gasteiger charge is 2.39. The summed E-state index contributed by atoms with van der Waals surface area (Å²) in [4.78, 5) is 26.5. The highest BCUT2D eigenvalue weighted by atomic mass is 16.1. The molecule has 0 fully saturated rings. The largest absolute Gasteiger partial charge is 0.307 e. The number of carbonyl (C=O) groups excluding carboxylic acids is 2. The van der Waals surface area contributed by atoms with Gasteiger partial charge in [-0.15, -0.1) is 0 Å². The van der Waals surface area contributed by atoms with Crippen molar-refractivity contribution < 1.29 is 9.59 Å². The van der Waals surface area contributed by atoms with Crippen molar-refractivity contribution in [3.63, 3.8) is 0 Å². The van der Waals surface area contributed by atoms with Gasteiger partial charge in [0.25, 0.3) is 0 Å². The molecule has 0 spiro atoms. The Morgan fingerprint density at radius 3 is 1.45 bits per heavy atom. The second kappa shape index (κ2) is 20.7. The first-order chi connectivity index (χ1) is 26.2. The van der Waals surface area contributed by atoms with Crippen LogP contribution in [0.15, 0.2) is 160 Å². The molecule has 0 aromatic heterocycles. The van der Waals surface area contributed by atoms with Crippen LogP contribution in [0.5, 0.6) is 0 Å². The normalized spacial score (nSPS) is 22.1. The Hall–Kier alpha value is -4.38. The molecule has 2 aliphatic carbocycles. The van der Waals surface area contributed by atoms with Crippen LogP contribution in [0, 0.1) is 16.2 Å². The lowest BCUT2D eigenvalue weighted by Gasteiger charge is -2.38. The standard InChI is InChI=1S/C52H70N2O2/c1-37(23-19-25-39(3)29-31-44-41(5)48(55)46(33-51(44,10)11)53-35-43-27-15-14-16-28-43)21-17-18-22-38(2)24-20-26-40(4)30-32-45-42(6)49(56)47(34-52(45,12)13)54-36-50(7,8)9/h14-32,46-47,53-54H,33-36H2,1-13H3/b18-17+,23-19+,24-20+,31-29+,32-30+,37-21+,38-22+,39-25+,40-26+. The average Bonchev–Trinajstić information content (AvgIpc) is 3.11. The second-order valence-corrected chi connectivity index (χ2v) is 18.3. The lowest BCUT2D eigenvalue weighted by molar-refractivity contribution is -0.119. The quantitative estimate of drug-likeness (QED) is 0.175. The zero-order chi connectivity index (χ0) is 41.7. The van der Waals surface area contributed by atoms with E-state index in [0.717, 1.165) is 64.0 Å². The first-order valence-electron chi connectivity index (χ1n) is 20.3. The van der Waals surface area contributed by atoms with Crippen LogP contribution in [0.25, 0.3) is 0 Å². The first-order valence-corrected chi connectivity index (χ1v) is 20.3. The van der Waals surface area contributed by atoms with Crippen molar-refractivity contribution in [2.75, 3.05) is 6.54 Å². The van der Waals surface area contributed by atoms with Gasteiger partial charge in [-0.2, -0.15) is 0 Å². The maximum Gasteiger partial charge on any atom is 0.175 e. The maximum absolute atomic E-state index is 13.3.